The first kappa shape index (κ1) is 16.4. The fraction of sp³-hybridized carbons (Fsp3) is 0.211. The fourth-order valence-electron chi connectivity index (χ4n) is 2.19. The van der Waals surface area contributed by atoms with Gasteiger partial charge in [-0.1, -0.05) is 45.0 Å². The molecule has 0 radical (unpaired) electrons. The summed E-state index contributed by atoms with van der Waals surface area (Å²) >= 11 is 0. The lowest BCUT2D eigenvalue weighted by Crippen LogP contribution is -2.10. The Labute approximate surface area is 135 Å². The Hall–Kier alpha value is -2.93. The molecule has 0 atom stereocenters. The Morgan fingerprint density at radius 1 is 1.09 bits per heavy atom. The second kappa shape index (κ2) is 6.45. The molecule has 116 valence electrons. The van der Waals surface area contributed by atoms with Gasteiger partial charge in [0.1, 0.15) is 0 Å². The number of nitriles is 1. The fourth-order valence-corrected chi connectivity index (χ4v) is 2.19. The zero-order valence-electron chi connectivity index (χ0n) is 13.4. The maximum absolute atomic E-state index is 10.7. The molecule has 0 heterocycles. The Kier molecular flexibility index (Phi) is 4.61. The Morgan fingerprint density at radius 2 is 1.65 bits per heavy atom. The summed E-state index contributed by atoms with van der Waals surface area (Å²) in [4.78, 5) is 10.2. The molecule has 0 aliphatic heterocycles. The highest BCUT2D eigenvalue weighted by atomic mass is 16.6. The number of non-ortho nitro benzene ring substituents is 1. The van der Waals surface area contributed by atoms with Crippen LogP contribution in [0.1, 0.15) is 37.5 Å². The van der Waals surface area contributed by atoms with Gasteiger partial charge in [0.25, 0.3) is 5.69 Å². The van der Waals surface area contributed by atoms with Gasteiger partial charge in [-0.05, 0) is 40.3 Å². The van der Waals surface area contributed by atoms with Gasteiger partial charge in [-0.2, -0.15) is 5.26 Å². The smallest absolute Gasteiger partial charge is 0.258 e. The number of hydrogen-bond acceptors (Lipinski definition) is 3. The van der Waals surface area contributed by atoms with E-state index in [2.05, 4.69) is 39.0 Å². The topological polar surface area (TPSA) is 66.9 Å². The van der Waals surface area contributed by atoms with Crippen molar-refractivity contribution in [3.05, 3.63) is 75.3 Å². The highest BCUT2D eigenvalue weighted by Gasteiger charge is 2.12. The van der Waals surface area contributed by atoms with E-state index in [1.807, 2.05) is 12.1 Å². The summed E-state index contributed by atoms with van der Waals surface area (Å²) in [6.07, 6.45) is 1.79. The maximum atomic E-state index is 10.7. The van der Waals surface area contributed by atoms with Crippen LogP contribution in [-0.2, 0) is 5.41 Å². The number of nitro benzene ring substituents is 1. The van der Waals surface area contributed by atoms with Gasteiger partial charge in [0.05, 0.1) is 16.6 Å². The predicted molar refractivity (Wildman–Crippen MR) is 91.7 cm³/mol. The van der Waals surface area contributed by atoms with Crippen LogP contribution in [0.5, 0.6) is 0 Å². The van der Waals surface area contributed by atoms with Gasteiger partial charge in [0.15, 0.2) is 0 Å². The minimum absolute atomic E-state index is 0.0144. The minimum atomic E-state index is -0.454. The van der Waals surface area contributed by atoms with E-state index in [0.29, 0.717) is 11.1 Å². The van der Waals surface area contributed by atoms with Crippen molar-refractivity contribution in [2.75, 3.05) is 0 Å². The molecule has 4 nitrogen and oxygen atoms in total. The molecule has 0 spiro atoms. The van der Waals surface area contributed by atoms with Crippen LogP contribution in [0.4, 0.5) is 5.69 Å². The van der Waals surface area contributed by atoms with Crippen molar-refractivity contribution >= 4 is 17.3 Å². The van der Waals surface area contributed by atoms with Crippen molar-refractivity contribution in [2.24, 2.45) is 0 Å². The van der Waals surface area contributed by atoms with Gasteiger partial charge in [-0.3, -0.25) is 10.1 Å². The zero-order chi connectivity index (χ0) is 17.0. The van der Waals surface area contributed by atoms with Gasteiger partial charge in [-0.15, -0.1) is 0 Å². The molecule has 0 aliphatic carbocycles. The zero-order valence-corrected chi connectivity index (χ0v) is 13.4. The molecule has 2 aromatic rings. The molecule has 0 fully saturated rings. The minimum Gasteiger partial charge on any atom is -0.258 e. The first-order valence-electron chi connectivity index (χ1n) is 7.28. The third-order valence-corrected chi connectivity index (χ3v) is 3.60. The van der Waals surface area contributed by atoms with E-state index < -0.39 is 4.92 Å². The molecule has 2 rings (SSSR count). The average molecular weight is 306 g/mol. The number of benzene rings is 2. The van der Waals surface area contributed by atoms with Crippen molar-refractivity contribution in [3.8, 4) is 6.07 Å². The standard InChI is InChI=1S/C19H18N2O2/c1-19(2,3)17-8-4-14(5-9-17)12-16(13-20)15-6-10-18(11-7-15)21(22)23/h4-12H,1-3H3/b16-12+. The molecular formula is C19H18N2O2. The van der Waals surface area contributed by atoms with Gasteiger partial charge >= 0.3 is 0 Å². The highest BCUT2D eigenvalue weighted by Crippen LogP contribution is 2.24. The van der Waals surface area contributed by atoms with Crippen molar-refractivity contribution in [1.82, 2.24) is 0 Å². The van der Waals surface area contributed by atoms with Gasteiger partial charge in [0.2, 0.25) is 0 Å². The lowest BCUT2D eigenvalue weighted by atomic mass is 9.86. The number of hydrogen-bond donors (Lipinski definition) is 0. The van der Waals surface area contributed by atoms with Crippen LogP contribution in [0, 0.1) is 21.4 Å². The molecule has 0 saturated carbocycles. The Morgan fingerprint density at radius 3 is 2.09 bits per heavy atom. The number of allylic oxidation sites excluding steroid dienone is 1. The van der Waals surface area contributed by atoms with E-state index in [0.717, 1.165) is 5.56 Å². The predicted octanol–water partition coefficient (Wildman–Crippen LogP) is 4.96. The highest BCUT2D eigenvalue weighted by molar-refractivity contribution is 5.89. The summed E-state index contributed by atoms with van der Waals surface area (Å²) in [5.41, 5.74) is 3.39. The normalized spacial score (nSPS) is 11.8. The second-order valence-corrected chi connectivity index (χ2v) is 6.35. The van der Waals surface area contributed by atoms with Crippen molar-refractivity contribution in [2.45, 2.75) is 26.2 Å². The molecule has 23 heavy (non-hydrogen) atoms. The molecule has 2 aromatic carbocycles. The summed E-state index contributed by atoms with van der Waals surface area (Å²) in [6, 6.07) is 16.2. The molecule has 0 bridgehead atoms. The van der Waals surface area contributed by atoms with Crippen molar-refractivity contribution < 1.29 is 4.92 Å². The van der Waals surface area contributed by atoms with E-state index in [1.54, 1.807) is 18.2 Å². The summed E-state index contributed by atoms with van der Waals surface area (Å²) in [6.45, 7) is 6.44. The first-order chi connectivity index (χ1) is 10.8. The van der Waals surface area contributed by atoms with Gasteiger partial charge < -0.3 is 0 Å². The van der Waals surface area contributed by atoms with Crippen LogP contribution in [0.15, 0.2) is 48.5 Å². The van der Waals surface area contributed by atoms with Crippen molar-refractivity contribution in [1.29, 1.82) is 5.26 Å². The molecule has 4 heteroatoms. The average Bonchev–Trinajstić information content (AvgIpc) is 2.52. The molecule has 0 N–H and O–H groups in total. The Balaban J connectivity index is 2.32. The quantitative estimate of drug-likeness (QED) is 0.348. The second-order valence-electron chi connectivity index (χ2n) is 6.35. The Bertz CT molecular complexity index is 774. The van der Waals surface area contributed by atoms with E-state index in [-0.39, 0.29) is 11.1 Å². The third-order valence-electron chi connectivity index (χ3n) is 3.60. The van der Waals surface area contributed by atoms with E-state index in [4.69, 9.17) is 0 Å². The van der Waals surface area contributed by atoms with Crippen molar-refractivity contribution in [3.63, 3.8) is 0 Å². The van der Waals surface area contributed by atoms with Gasteiger partial charge in [0, 0.05) is 12.1 Å². The van der Waals surface area contributed by atoms with Crippen LogP contribution >= 0.6 is 0 Å². The summed E-state index contributed by atoms with van der Waals surface area (Å²) in [7, 11) is 0. The molecular weight excluding hydrogens is 288 g/mol. The largest absolute Gasteiger partial charge is 0.269 e. The molecule has 0 saturated heterocycles. The van der Waals surface area contributed by atoms with E-state index >= 15 is 0 Å². The SMILES string of the molecule is CC(C)(C)c1ccc(/C=C(\C#N)c2ccc([N+](=O)[O-])cc2)cc1. The lowest BCUT2D eigenvalue weighted by Gasteiger charge is -2.18. The third kappa shape index (κ3) is 4.04. The molecule has 0 amide bonds. The van der Waals surface area contributed by atoms with Crippen LogP contribution < -0.4 is 0 Å². The van der Waals surface area contributed by atoms with Crippen LogP contribution in [0.25, 0.3) is 11.6 Å². The molecule has 0 aromatic heterocycles. The first-order valence-corrected chi connectivity index (χ1v) is 7.28. The monoisotopic (exact) mass is 306 g/mol. The molecule has 0 unspecified atom stereocenters. The van der Waals surface area contributed by atoms with E-state index in [1.165, 1.54) is 17.7 Å². The lowest BCUT2D eigenvalue weighted by molar-refractivity contribution is -0.384. The summed E-state index contributed by atoms with van der Waals surface area (Å²) in [5.74, 6) is 0. The van der Waals surface area contributed by atoms with Crippen LogP contribution in [0.3, 0.4) is 0 Å². The maximum Gasteiger partial charge on any atom is 0.269 e. The van der Waals surface area contributed by atoms with Crippen LogP contribution in [0.2, 0.25) is 0 Å². The number of nitro groups is 1. The van der Waals surface area contributed by atoms with Gasteiger partial charge in [-0.25, -0.2) is 0 Å². The molecule has 0 aliphatic rings. The summed E-state index contributed by atoms with van der Waals surface area (Å²) < 4.78 is 0. The number of nitrogens with zero attached hydrogens (tertiary/aromatic N) is 2. The van der Waals surface area contributed by atoms with Crippen LogP contribution in [-0.4, -0.2) is 4.92 Å². The number of rotatable bonds is 3. The van der Waals surface area contributed by atoms with E-state index in [9.17, 15) is 15.4 Å². The summed E-state index contributed by atoms with van der Waals surface area (Å²) in [5, 5.41) is 20.0.